The number of nitrogens with zero attached hydrogens (tertiary/aromatic N) is 1. The molecule has 0 saturated carbocycles. The summed E-state index contributed by atoms with van der Waals surface area (Å²) in [6, 6.07) is 13.5. The van der Waals surface area contributed by atoms with Gasteiger partial charge in [0.1, 0.15) is 5.75 Å². The summed E-state index contributed by atoms with van der Waals surface area (Å²) in [5.41, 5.74) is 1.29. The van der Waals surface area contributed by atoms with Gasteiger partial charge in [0.2, 0.25) is 0 Å². The highest BCUT2D eigenvalue weighted by Gasteiger charge is 2.21. The summed E-state index contributed by atoms with van der Waals surface area (Å²) in [5.74, 6) is 0.871. The Morgan fingerprint density at radius 3 is 2.52 bits per heavy atom. The number of hydrogen-bond acceptors (Lipinski definition) is 3. The van der Waals surface area contributed by atoms with E-state index >= 15 is 0 Å². The van der Waals surface area contributed by atoms with Crippen LogP contribution in [-0.2, 0) is 15.9 Å². The van der Waals surface area contributed by atoms with Gasteiger partial charge in [-0.15, -0.1) is 11.6 Å². The van der Waals surface area contributed by atoms with Crippen molar-refractivity contribution in [2.75, 3.05) is 18.5 Å². The molecule has 0 amide bonds. The number of hydrogen-bond donors (Lipinski definition) is 0. The highest BCUT2D eigenvalue weighted by Crippen LogP contribution is 2.26. The van der Waals surface area contributed by atoms with Gasteiger partial charge in [0, 0.05) is 19.0 Å². The van der Waals surface area contributed by atoms with E-state index in [1.807, 2.05) is 0 Å². The van der Waals surface area contributed by atoms with Crippen molar-refractivity contribution in [2.45, 2.75) is 10.8 Å². The maximum absolute atomic E-state index is 12.6. The van der Waals surface area contributed by atoms with Gasteiger partial charge in [-0.1, -0.05) is 18.2 Å². The molecule has 0 aromatic heterocycles. The van der Waals surface area contributed by atoms with Crippen LogP contribution in [0.1, 0.15) is 5.56 Å². The van der Waals surface area contributed by atoms with Gasteiger partial charge in [0.05, 0.1) is 17.7 Å². The molecule has 0 N–H and O–H groups in total. The largest absolute Gasteiger partial charge is 0.497 e. The Morgan fingerprint density at radius 1 is 1.14 bits per heavy atom. The van der Waals surface area contributed by atoms with Crippen LogP contribution in [0, 0.1) is 0 Å². The number of sulfonamides is 1. The number of rotatable bonds is 5. The Balaban J connectivity index is 2.42. The minimum Gasteiger partial charge on any atom is -0.497 e. The first kappa shape index (κ1) is 15.7. The third kappa shape index (κ3) is 3.31. The molecule has 0 radical (unpaired) electrons. The molecule has 2 rings (SSSR count). The van der Waals surface area contributed by atoms with E-state index in [-0.39, 0.29) is 10.8 Å². The minimum atomic E-state index is -3.63. The van der Waals surface area contributed by atoms with Crippen LogP contribution in [0.3, 0.4) is 0 Å². The van der Waals surface area contributed by atoms with Gasteiger partial charge in [0.25, 0.3) is 10.0 Å². The molecule has 4 nitrogen and oxygen atoms in total. The number of halogens is 1. The summed E-state index contributed by atoms with van der Waals surface area (Å²) in [5, 5.41) is 0. The predicted molar refractivity (Wildman–Crippen MR) is 84.6 cm³/mol. The SMILES string of the molecule is COc1cccc(N(C)S(=O)(=O)c2cccc(CCl)c2)c1. The lowest BCUT2D eigenvalue weighted by molar-refractivity contribution is 0.415. The van der Waals surface area contributed by atoms with E-state index in [1.165, 1.54) is 18.5 Å². The van der Waals surface area contributed by atoms with Crippen molar-refractivity contribution in [3.63, 3.8) is 0 Å². The molecule has 0 unspecified atom stereocenters. The third-order valence-electron chi connectivity index (χ3n) is 3.13. The van der Waals surface area contributed by atoms with E-state index in [9.17, 15) is 8.42 Å². The number of anilines is 1. The monoisotopic (exact) mass is 325 g/mol. The zero-order chi connectivity index (χ0) is 15.5. The van der Waals surface area contributed by atoms with E-state index in [1.54, 1.807) is 48.5 Å². The van der Waals surface area contributed by atoms with Crippen LogP contribution in [0.5, 0.6) is 5.75 Å². The van der Waals surface area contributed by atoms with Crippen molar-refractivity contribution in [3.8, 4) is 5.75 Å². The van der Waals surface area contributed by atoms with E-state index in [4.69, 9.17) is 16.3 Å². The second-order valence-electron chi connectivity index (χ2n) is 4.46. The summed E-state index contributed by atoms with van der Waals surface area (Å²) in [7, 11) is -0.580. The molecule has 2 aromatic rings. The smallest absolute Gasteiger partial charge is 0.264 e. The fourth-order valence-electron chi connectivity index (χ4n) is 1.89. The molecular formula is C15H16ClNO3S. The first-order valence-corrected chi connectivity index (χ1v) is 8.24. The van der Waals surface area contributed by atoms with Crippen molar-refractivity contribution in [1.29, 1.82) is 0 Å². The van der Waals surface area contributed by atoms with Crippen LogP contribution < -0.4 is 9.04 Å². The lowest BCUT2D eigenvalue weighted by atomic mass is 10.2. The van der Waals surface area contributed by atoms with E-state index in [0.29, 0.717) is 11.4 Å². The maximum Gasteiger partial charge on any atom is 0.264 e. The fraction of sp³-hybridized carbons (Fsp3) is 0.200. The van der Waals surface area contributed by atoms with Crippen molar-refractivity contribution in [1.82, 2.24) is 0 Å². The Kier molecular flexibility index (Phi) is 4.75. The second kappa shape index (κ2) is 6.37. The highest BCUT2D eigenvalue weighted by atomic mass is 35.5. The molecule has 21 heavy (non-hydrogen) atoms. The van der Waals surface area contributed by atoms with Gasteiger partial charge in [-0.05, 0) is 29.8 Å². The van der Waals surface area contributed by atoms with Crippen LogP contribution in [0.2, 0.25) is 0 Å². The van der Waals surface area contributed by atoms with Gasteiger partial charge in [-0.3, -0.25) is 4.31 Å². The van der Waals surface area contributed by atoms with Gasteiger partial charge < -0.3 is 4.74 Å². The second-order valence-corrected chi connectivity index (χ2v) is 6.69. The van der Waals surface area contributed by atoms with Crippen molar-refractivity contribution < 1.29 is 13.2 Å². The minimum absolute atomic E-state index is 0.214. The van der Waals surface area contributed by atoms with Crippen LogP contribution in [0.25, 0.3) is 0 Å². The Morgan fingerprint density at radius 2 is 1.86 bits per heavy atom. The van der Waals surface area contributed by atoms with E-state index < -0.39 is 10.0 Å². The fourth-order valence-corrected chi connectivity index (χ4v) is 3.32. The summed E-state index contributed by atoms with van der Waals surface area (Å²) < 4.78 is 31.6. The molecule has 112 valence electrons. The van der Waals surface area contributed by atoms with Crippen molar-refractivity contribution >= 4 is 27.3 Å². The zero-order valence-corrected chi connectivity index (χ0v) is 13.4. The molecule has 0 bridgehead atoms. The topological polar surface area (TPSA) is 46.6 Å². The molecule has 0 aliphatic rings. The molecule has 0 heterocycles. The predicted octanol–water partition coefficient (Wildman–Crippen LogP) is 3.26. The zero-order valence-electron chi connectivity index (χ0n) is 11.8. The summed E-state index contributed by atoms with van der Waals surface area (Å²) in [6.07, 6.45) is 0. The van der Waals surface area contributed by atoms with E-state index in [2.05, 4.69) is 0 Å². The third-order valence-corrected chi connectivity index (χ3v) is 5.22. The number of methoxy groups -OCH3 is 1. The molecular weight excluding hydrogens is 310 g/mol. The molecule has 0 atom stereocenters. The van der Waals surface area contributed by atoms with E-state index in [0.717, 1.165) is 5.56 Å². The normalized spacial score (nSPS) is 11.2. The molecule has 0 fully saturated rings. The summed E-state index contributed by atoms with van der Waals surface area (Å²) in [4.78, 5) is 0.214. The van der Waals surface area contributed by atoms with Crippen LogP contribution in [0.15, 0.2) is 53.4 Å². The molecule has 0 aliphatic heterocycles. The average Bonchev–Trinajstić information content (AvgIpc) is 2.54. The van der Waals surface area contributed by atoms with Gasteiger partial charge in [0.15, 0.2) is 0 Å². The van der Waals surface area contributed by atoms with Crippen LogP contribution >= 0.6 is 11.6 Å². The summed E-state index contributed by atoms with van der Waals surface area (Å²) >= 11 is 5.76. The lowest BCUT2D eigenvalue weighted by Crippen LogP contribution is -2.26. The maximum atomic E-state index is 12.6. The number of ether oxygens (including phenoxy) is 1. The molecule has 0 saturated heterocycles. The first-order valence-electron chi connectivity index (χ1n) is 6.27. The Hall–Kier alpha value is -1.72. The lowest BCUT2D eigenvalue weighted by Gasteiger charge is -2.20. The van der Waals surface area contributed by atoms with Crippen molar-refractivity contribution in [2.24, 2.45) is 0 Å². The molecule has 0 aliphatic carbocycles. The highest BCUT2D eigenvalue weighted by molar-refractivity contribution is 7.92. The average molecular weight is 326 g/mol. The van der Waals surface area contributed by atoms with Gasteiger partial charge in [-0.25, -0.2) is 8.42 Å². The van der Waals surface area contributed by atoms with Crippen LogP contribution in [0.4, 0.5) is 5.69 Å². The quantitative estimate of drug-likeness (QED) is 0.793. The Bertz CT molecular complexity index is 731. The summed E-state index contributed by atoms with van der Waals surface area (Å²) in [6.45, 7) is 0. The molecule has 0 spiro atoms. The Labute approximate surface area is 130 Å². The van der Waals surface area contributed by atoms with Gasteiger partial charge >= 0.3 is 0 Å². The van der Waals surface area contributed by atoms with Crippen LogP contribution in [-0.4, -0.2) is 22.6 Å². The van der Waals surface area contributed by atoms with Gasteiger partial charge in [-0.2, -0.15) is 0 Å². The molecule has 2 aromatic carbocycles. The molecule has 6 heteroatoms. The first-order chi connectivity index (χ1) is 9.98. The standard InChI is InChI=1S/C15H16ClNO3S/c1-17(13-6-4-7-14(10-13)20-2)21(18,19)15-8-3-5-12(9-15)11-16/h3-10H,11H2,1-2H3. The van der Waals surface area contributed by atoms with Crippen molar-refractivity contribution in [3.05, 3.63) is 54.1 Å². The number of alkyl halides is 1. The number of benzene rings is 2.